The normalized spacial score (nSPS) is 10.4. The maximum absolute atomic E-state index is 6.12. The molecule has 2 rings (SSSR count). The molecular formula is C13H9BrCl2N2OS. The molecule has 0 saturated carbocycles. The molecule has 0 spiro atoms. The maximum atomic E-state index is 6.12. The summed E-state index contributed by atoms with van der Waals surface area (Å²) in [6.07, 6.45) is 0. The lowest BCUT2D eigenvalue weighted by Gasteiger charge is -2.12. The first kappa shape index (κ1) is 15.5. The summed E-state index contributed by atoms with van der Waals surface area (Å²) in [4.78, 5) is 4.48. The third-order valence-corrected chi connectivity index (χ3v) is 4.16. The number of aromatic nitrogens is 1. The highest BCUT2D eigenvalue weighted by atomic mass is 79.9. The molecule has 0 bridgehead atoms. The lowest BCUT2D eigenvalue weighted by atomic mass is 10.2. The van der Waals surface area contributed by atoms with Gasteiger partial charge in [-0.25, -0.2) is 4.98 Å². The summed E-state index contributed by atoms with van der Waals surface area (Å²) >= 11 is 20.4. The SMILES string of the molecule is Cc1ccc(C(N)=S)c(Oc2cc(Cl)c(Br)cc2Cl)n1. The summed E-state index contributed by atoms with van der Waals surface area (Å²) in [6.45, 7) is 1.84. The number of ether oxygens (including phenoxy) is 1. The molecule has 0 amide bonds. The average molecular weight is 392 g/mol. The van der Waals surface area contributed by atoms with E-state index in [-0.39, 0.29) is 4.99 Å². The number of thiocarbonyl (C=S) groups is 1. The number of hydrogen-bond donors (Lipinski definition) is 1. The number of rotatable bonds is 3. The minimum Gasteiger partial charge on any atom is -0.437 e. The molecular weight excluding hydrogens is 383 g/mol. The van der Waals surface area contributed by atoms with Crippen LogP contribution in [-0.4, -0.2) is 9.97 Å². The molecule has 0 radical (unpaired) electrons. The summed E-state index contributed by atoms with van der Waals surface area (Å²) in [7, 11) is 0. The Morgan fingerprint density at radius 3 is 2.65 bits per heavy atom. The summed E-state index contributed by atoms with van der Waals surface area (Å²) in [5.74, 6) is 0.688. The Bertz CT molecular complexity index is 694. The van der Waals surface area contributed by atoms with E-state index in [9.17, 15) is 0 Å². The fraction of sp³-hybridized carbons (Fsp3) is 0.0769. The number of benzene rings is 1. The molecule has 3 nitrogen and oxygen atoms in total. The summed E-state index contributed by atoms with van der Waals surface area (Å²) in [5.41, 5.74) is 6.97. The standard InChI is InChI=1S/C13H9BrCl2N2OS/c1-6-2-3-7(12(17)20)13(18-6)19-11-5-9(15)8(14)4-10(11)16/h2-5H,1H3,(H2,17,20). The topological polar surface area (TPSA) is 48.1 Å². The molecule has 0 aliphatic heterocycles. The zero-order valence-corrected chi connectivity index (χ0v) is 14.2. The minimum atomic E-state index is 0.201. The van der Waals surface area contributed by atoms with E-state index in [1.165, 1.54) is 0 Å². The van der Waals surface area contributed by atoms with Crippen LogP contribution in [0.25, 0.3) is 0 Å². The van der Waals surface area contributed by atoms with E-state index in [4.69, 9.17) is 45.9 Å². The van der Waals surface area contributed by atoms with Crippen LogP contribution in [0.2, 0.25) is 10.0 Å². The third kappa shape index (κ3) is 3.41. The van der Waals surface area contributed by atoms with Gasteiger partial charge in [-0.05, 0) is 41.1 Å². The van der Waals surface area contributed by atoms with Crippen molar-refractivity contribution in [3.8, 4) is 11.6 Å². The predicted octanol–water partition coefficient (Wildman–Crippen LogP) is 4.89. The van der Waals surface area contributed by atoms with Gasteiger partial charge < -0.3 is 10.5 Å². The lowest BCUT2D eigenvalue weighted by Crippen LogP contribution is -2.12. The lowest BCUT2D eigenvalue weighted by molar-refractivity contribution is 0.461. The van der Waals surface area contributed by atoms with Crippen molar-refractivity contribution in [2.24, 2.45) is 5.73 Å². The zero-order valence-electron chi connectivity index (χ0n) is 10.3. The number of hydrogen-bond acceptors (Lipinski definition) is 3. The highest BCUT2D eigenvalue weighted by molar-refractivity contribution is 9.10. The Balaban J connectivity index is 2.47. The predicted molar refractivity (Wildman–Crippen MR) is 89.1 cm³/mol. The van der Waals surface area contributed by atoms with E-state index in [0.29, 0.717) is 31.7 Å². The van der Waals surface area contributed by atoms with Crippen LogP contribution in [0, 0.1) is 6.92 Å². The van der Waals surface area contributed by atoms with Crippen molar-refractivity contribution >= 4 is 56.3 Å². The highest BCUT2D eigenvalue weighted by Crippen LogP contribution is 2.36. The van der Waals surface area contributed by atoms with Crippen molar-refractivity contribution < 1.29 is 4.74 Å². The Kier molecular flexibility index (Phi) is 4.86. The molecule has 2 aromatic rings. The first-order valence-corrected chi connectivity index (χ1v) is 7.44. The van der Waals surface area contributed by atoms with E-state index >= 15 is 0 Å². The average Bonchev–Trinajstić information content (AvgIpc) is 2.35. The summed E-state index contributed by atoms with van der Waals surface area (Å²) < 4.78 is 6.39. The molecule has 2 N–H and O–H groups in total. The van der Waals surface area contributed by atoms with Crippen LogP contribution in [-0.2, 0) is 0 Å². The van der Waals surface area contributed by atoms with Gasteiger partial charge in [0.1, 0.15) is 10.7 Å². The number of nitrogens with zero attached hydrogens (tertiary/aromatic N) is 1. The van der Waals surface area contributed by atoms with E-state index in [2.05, 4.69) is 20.9 Å². The molecule has 1 aromatic heterocycles. The molecule has 1 aromatic carbocycles. The van der Waals surface area contributed by atoms with Gasteiger partial charge in [0.25, 0.3) is 0 Å². The second-order valence-corrected chi connectivity index (χ2v) is 6.08. The summed E-state index contributed by atoms with van der Waals surface area (Å²) in [5, 5.41) is 0.882. The quantitative estimate of drug-likeness (QED) is 0.597. The highest BCUT2D eigenvalue weighted by Gasteiger charge is 2.13. The molecule has 0 atom stereocenters. The Morgan fingerprint density at radius 1 is 1.30 bits per heavy atom. The number of nitrogens with two attached hydrogens (primary N) is 1. The molecule has 0 aliphatic rings. The van der Waals surface area contributed by atoms with Crippen molar-refractivity contribution in [3.63, 3.8) is 0 Å². The molecule has 1 heterocycles. The van der Waals surface area contributed by atoms with E-state index in [0.717, 1.165) is 5.69 Å². The fourth-order valence-corrected chi connectivity index (χ4v) is 2.47. The third-order valence-electron chi connectivity index (χ3n) is 2.45. The van der Waals surface area contributed by atoms with Gasteiger partial charge in [0.05, 0.1) is 15.6 Å². The minimum absolute atomic E-state index is 0.201. The van der Waals surface area contributed by atoms with Crippen molar-refractivity contribution in [1.29, 1.82) is 0 Å². The van der Waals surface area contributed by atoms with Gasteiger partial charge in [0.15, 0.2) is 0 Å². The second-order valence-electron chi connectivity index (χ2n) is 3.97. The smallest absolute Gasteiger partial charge is 0.229 e. The van der Waals surface area contributed by atoms with Crippen LogP contribution < -0.4 is 10.5 Å². The molecule has 104 valence electrons. The molecule has 20 heavy (non-hydrogen) atoms. The van der Waals surface area contributed by atoms with Crippen LogP contribution in [0.1, 0.15) is 11.3 Å². The van der Waals surface area contributed by atoms with Gasteiger partial charge in [-0.3, -0.25) is 0 Å². The molecule has 0 aliphatic carbocycles. The zero-order chi connectivity index (χ0) is 14.9. The van der Waals surface area contributed by atoms with Gasteiger partial charge in [0, 0.05) is 16.2 Å². The Morgan fingerprint density at radius 2 is 2.00 bits per heavy atom. The maximum Gasteiger partial charge on any atom is 0.229 e. The van der Waals surface area contributed by atoms with Gasteiger partial charge >= 0.3 is 0 Å². The van der Waals surface area contributed by atoms with Gasteiger partial charge in [-0.15, -0.1) is 0 Å². The fourth-order valence-electron chi connectivity index (χ4n) is 1.48. The van der Waals surface area contributed by atoms with Crippen LogP contribution in [0.5, 0.6) is 11.6 Å². The van der Waals surface area contributed by atoms with Gasteiger partial charge in [-0.2, -0.15) is 0 Å². The number of pyridine rings is 1. The van der Waals surface area contributed by atoms with E-state index in [1.54, 1.807) is 24.3 Å². The van der Waals surface area contributed by atoms with E-state index < -0.39 is 0 Å². The molecule has 0 unspecified atom stereocenters. The van der Waals surface area contributed by atoms with Crippen LogP contribution in [0.3, 0.4) is 0 Å². The first-order valence-electron chi connectivity index (χ1n) is 5.48. The largest absolute Gasteiger partial charge is 0.437 e. The Hall–Kier alpha value is -0.880. The molecule has 0 saturated heterocycles. The van der Waals surface area contributed by atoms with Crippen LogP contribution in [0.15, 0.2) is 28.7 Å². The number of halogens is 3. The van der Waals surface area contributed by atoms with Crippen molar-refractivity contribution in [2.45, 2.75) is 6.92 Å². The molecule has 0 fully saturated rings. The first-order chi connectivity index (χ1) is 9.38. The van der Waals surface area contributed by atoms with Crippen molar-refractivity contribution in [2.75, 3.05) is 0 Å². The second kappa shape index (κ2) is 6.26. The van der Waals surface area contributed by atoms with Crippen LogP contribution in [0.4, 0.5) is 0 Å². The molecule has 7 heteroatoms. The Labute approximate surface area is 140 Å². The summed E-state index contributed by atoms with van der Waals surface area (Å²) in [6, 6.07) is 6.81. The van der Waals surface area contributed by atoms with Crippen molar-refractivity contribution in [3.05, 3.63) is 50.0 Å². The van der Waals surface area contributed by atoms with E-state index in [1.807, 2.05) is 6.92 Å². The van der Waals surface area contributed by atoms with Gasteiger partial charge in [0.2, 0.25) is 5.88 Å². The monoisotopic (exact) mass is 390 g/mol. The van der Waals surface area contributed by atoms with Crippen molar-refractivity contribution in [1.82, 2.24) is 4.98 Å². The van der Waals surface area contributed by atoms with Crippen LogP contribution >= 0.6 is 51.3 Å². The van der Waals surface area contributed by atoms with Gasteiger partial charge in [-0.1, -0.05) is 35.4 Å². The number of aryl methyl sites for hydroxylation is 1.